The fourth-order valence-corrected chi connectivity index (χ4v) is 0.802. The van der Waals surface area contributed by atoms with Crippen LogP contribution in [0.2, 0.25) is 0 Å². The van der Waals surface area contributed by atoms with Gasteiger partial charge in [0.15, 0.2) is 5.54 Å². The summed E-state index contributed by atoms with van der Waals surface area (Å²) in [6.45, 7) is 6.58. The average Bonchev–Trinajstić information content (AvgIpc) is 2.11. The van der Waals surface area contributed by atoms with Crippen LogP contribution in [0.5, 0.6) is 0 Å². The van der Waals surface area contributed by atoms with Crippen LogP contribution >= 0.6 is 0 Å². The average molecular weight is 240 g/mol. The third-order valence-electron chi connectivity index (χ3n) is 2.78. The molecule has 0 aliphatic rings. The molecule has 0 spiro atoms. The number of hydrogen-bond acceptors (Lipinski definition) is 2. The molecular formula is C10H19F3N2O. The summed E-state index contributed by atoms with van der Waals surface area (Å²) < 4.78 is 37.1. The van der Waals surface area contributed by atoms with Crippen molar-refractivity contribution in [2.24, 2.45) is 17.6 Å². The van der Waals surface area contributed by atoms with Gasteiger partial charge in [0.1, 0.15) is 0 Å². The Morgan fingerprint density at radius 1 is 1.31 bits per heavy atom. The lowest BCUT2D eigenvalue weighted by Crippen LogP contribution is -2.61. The summed E-state index contributed by atoms with van der Waals surface area (Å²) in [7, 11) is 0. The molecule has 0 radical (unpaired) electrons. The molecule has 0 saturated heterocycles. The third-order valence-corrected chi connectivity index (χ3v) is 2.78. The standard InChI is InChI=1S/C10H19F3N2O/c1-6(2)7(3)5-15-8(16)9(4,14)10(11,12)13/h6-7H,5,14H2,1-4H3,(H,15,16). The first kappa shape index (κ1) is 15.2. The van der Waals surface area contributed by atoms with E-state index in [2.05, 4.69) is 5.32 Å². The highest BCUT2D eigenvalue weighted by molar-refractivity contribution is 5.86. The maximum Gasteiger partial charge on any atom is 0.415 e. The van der Waals surface area contributed by atoms with E-state index in [1.165, 1.54) is 0 Å². The second-order valence-electron chi connectivity index (χ2n) is 4.63. The van der Waals surface area contributed by atoms with E-state index in [-0.39, 0.29) is 18.4 Å². The lowest BCUT2D eigenvalue weighted by atomic mass is 9.97. The number of halogens is 3. The molecule has 0 saturated carbocycles. The normalized spacial score (nSPS) is 18.1. The number of nitrogens with one attached hydrogen (secondary N) is 1. The van der Waals surface area contributed by atoms with Crippen molar-refractivity contribution in [1.29, 1.82) is 0 Å². The van der Waals surface area contributed by atoms with E-state index in [1.54, 1.807) is 0 Å². The highest BCUT2D eigenvalue weighted by Gasteiger charge is 2.53. The first-order chi connectivity index (χ1) is 7.00. The first-order valence-corrected chi connectivity index (χ1v) is 5.14. The lowest BCUT2D eigenvalue weighted by Gasteiger charge is -2.27. The van der Waals surface area contributed by atoms with Gasteiger partial charge < -0.3 is 11.1 Å². The van der Waals surface area contributed by atoms with Crippen molar-refractivity contribution in [3.05, 3.63) is 0 Å². The Labute approximate surface area is 93.6 Å². The summed E-state index contributed by atoms with van der Waals surface area (Å²) >= 11 is 0. The Kier molecular flexibility index (Phi) is 4.79. The number of rotatable bonds is 4. The molecule has 0 bridgehead atoms. The van der Waals surface area contributed by atoms with Gasteiger partial charge in [-0.1, -0.05) is 20.8 Å². The van der Waals surface area contributed by atoms with E-state index < -0.39 is 17.6 Å². The van der Waals surface area contributed by atoms with Crippen molar-refractivity contribution in [1.82, 2.24) is 5.32 Å². The van der Waals surface area contributed by atoms with Crippen LogP contribution in [-0.4, -0.2) is 24.2 Å². The molecule has 3 N–H and O–H groups in total. The van der Waals surface area contributed by atoms with E-state index in [4.69, 9.17) is 5.73 Å². The first-order valence-electron chi connectivity index (χ1n) is 5.14. The molecule has 0 aliphatic carbocycles. The fraction of sp³-hybridized carbons (Fsp3) is 0.900. The smallest absolute Gasteiger partial charge is 0.354 e. The quantitative estimate of drug-likeness (QED) is 0.785. The van der Waals surface area contributed by atoms with Crippen molar-refractivity contribution in [2.45, 2.75) is 39.4 Å². The van der Waals surface area contributed by atoms with E-state index in [0.717, 1.165) is 0 Å². The van der Waals surface area contributed by atoms with Crippen LogP contribution in [0.25, 0.3) is 0 Å². The van der Waals surface area contributed by atoms with Gasteiger partial charge >= 0.3 is 6.18 Å². The molecule has 1 amide bonds. The molecule has 0 aliphatic heterocycles. The molecule has 96 valence electrons. The molecule has 6 heteroatoms. The van der Waals surface area contributed by atoms with Crippen LogP contribution in [0, 0.1) is 11.8 Å². The van der Waals surface area contributed by atoms with Crippen LogP contribution in [0.4, 0.5) is 13.2 Å². The van der Waals surface area contributed by atoms with Crippen LogP contribution in [-0.2, 0) is 4.79 Å². The minimum Gasteiger partial charge on any atom is -0.354 e. The molecule has 0 aromatic carbocycles. The van der Waals surface area contributed by atoms with Gasteiger partial charge in [0.25, 0.3) is 0 Å². The number of carbonyl (C=O) groups is 1. The molecular weight excluding hydrogens is 221 g/mol. The summed E-state index contributed by atoms with van der Waals surface area (Å²) in [5, 5.41) is 2.23. The predicted octanol–water partition coefficient (Wildman–Crippen LogP) is 1.67. The maximum atomic E-state index is 12.4. The molecule has 3 nitrogen and oxygen atoms in total. The summed E-state index contributed by atoms with van der Waals surface area (Å²) in [5.41, 5.74) is 2.13. The van der Waals surface area contributed by atoms with Crippen molar-refractivity contribution < 1.29 is 18.0 Å². The van der Waals surface area contributed by atoms with Gasteiger partial charge in [-0.15, -0.1) is 0 Å². The van der Waals surface area contributed by atoms with Gasteiger partial charge in [-0.2, -0.15) is 13.2 Å². The van der Waals surface area contributed by atoms with Crippen molar-refractivity contribution >= 4 is 5.91 Å². The van der Waals surface area contributed by atoms with Crippen molar-refractivity contribution in [3.8, 4) is 0 Å². The Bertz CT molecular complexity index is 249. The summed E-state index contributed by atoms with van der Waals surface area (Å²) in [6, 6.07) is 0. The van der Waals surface area contributed by atoms with E-state index in [9.17, 15) is 18.0 Å². The number of carbonyl (C=O) groups excluding carboxylic acids is 1. The van der Waals surface area contributed by atoms with E-state index in [1.807, 2.05) is 20.8 Å². The van der Waals surface area contributed by atoms with Crippen molar-refractivity contribution in [3.63, 3.8) is 0 Å². The summed E-state index contributed by atoms with van der Waals surface area (Å²) in [4.78, 5) is 11.3. The van der Waals surface area contributed by atoms with Crippen LogP contribution in [0.3, 0.4) is 0 Å². The van der Waals surface area contributed by atoms with Crippen LogP contribution in [0.15, 0.2) is 0 Å². The Balaban J connectivity index is 4.38. The fourth-order valence-electron chi connectivity index (χ4n) is 0.802. The molecule has 0 aromatic heterocycles. The highest BCUT2D eigenvalue weighted by Crippen LogP contribution is 2.27. The van der Waals surface area contributed by atoms with Gasteiger partial charge in [-0.3, -0.25) is 4.79 Å². The number of hydrogen-bond donors (Lipinski definition) is 2. The number of alkyl halides is 3. The second kappa shape index (κ2) is 5.03. The topological polar surface area (TPSA) is 55.1 Å². The second-order valence-corrected chi connectivity index (χ2v) is 4.63. The van der Waals surface area contributed by atoms with Gasteiger partial charge in [0.2, 0.25) is 5.91 Å². The predicted molar refractivity (Wildman–Crippen MR) is 55.7 cm³/mol. The van der Waals surface area contributed by atoms with Gasteiger partial charge in [0.05, 0.1) is 0 Å². The monoisotopic (exact) mass is 240 g/mol. The Morgan fingerprint density at radius 2 is 1.75 bits per heavy atom. The zero-order valence-electron chi connectivity index (χ0n) is 9.98. The summed E-state index contributed by atoms with van der Waals surface area (Å²) in [5.74, 6) is -0.796. The van der Waals surface area contributed by atoms with E-state index >= 15 is 0 Å². The van der Waals surface area contributed by atoms with Gasteiger partial charge in [-0.25, -0.2) is 0 Å². The Hall–Kier alpha value is -0.780. The Morgan fingerprint density at radius 3 is 2.06 bits per heavy atom. The molecule has 0 rings (SSSR count). The van der Waals surface area contributed by atoms with Crippen LogP contribution in [0.1, 0.15) is 27.7 Å². The molecule has 2 atom stereocenters. The largest absolute Gasteiger partial charge is 0.415 e. The molecule has 16 heavy (non-hydrogen) atoms. The third kappa shape index (κ3) is 3.66. The molecule has 0 heterocycles. The zero-order valence-corrected chi connectivity index (χ0v) is 9.98. The minimum atomic E-state index is -4.74. The number of amides is 1. The van der Waals surface area contributed by atoms with E-state index in [0.29, 0.717) is 6.92 Å². The van der Waals surface area contributed by atoms with Gasteiger partial charge in [-0.05, 0) is 18.8 Å². The van der Waals surface area contributed by atoms with Crippen LogP contribution < -0.4 is 11.1 Å². The maximum absolute atomic E-state index is 12.4. The lowest BCUT2D eigenvalue weighted by molar-refractivity contribution is -0.187. The minimum absolute atomic E-state index is 0.105. The molecule has 0 fully saturated rings. The summed E-state index contributed by atoms with van der Waals surface area (Å²) in [6.07, 6.45) is -4.74. The number of nitrogens with two attached hydrogens (primary N) is 1. The van der Waals surface area contributed by atoms with Gasteiger partial charge in [0, 0.05) is 6.54 Å². The molecule has 0 aromatic rings. The highest BCUT2D eigenvalue weighted by atomic mass is 19.4. The van der Waals surface area contributed by atoms with Crippen molar-refractivity contribution in [2.75, 3.05) is 6.54 Å². The zero-order chi connectivity index (χ0) is 13.1. The molecule has 2 unspecified atom stereocenters. The SMILES string of the molecule is CC(C)C(C)CNC(=O)C(C)(N)C(F)(F)F.